The number of carboxylic acid groups (broad SMARTS) is 2. The van der Waals surface area contributed by atoms with Crippen molar-refractivity contribution in [3.8, 4) is 5.75 Å². The van der Waals surface area contributed by atoms with Gasteiger partial charge in [0.2, 0.25) is 0 Å². The molecule has 6 heteroatoms. The molecule has 0 aliphatic carbocycles. The first-order chi connectivity index (χ1) is 14.5. The van der Waals surface area contributed by atoms with Gasteiger partial charge >= 0.3 is 11.9 Å². The van der Waals surface area contributed by atoms with Gasteiger partial charge in [0, 0.05) is 19.3 Å². The maximum Gasteiger partial charge on any atom is 0.303 e. The van der Waals surface area contributed by atoms with Gasteiger partial charge in [0.25, 0.3) is 0 Å². The number of ether oxygens (including phenoxy) is 1. The summed E-state index contributed by atoms with van der Waals surface area (Å²) in [6.45, 7) is 0.555. The largest absolute Gasteiger partial charge is 0.493 e. The van der Waals surface area contributed by atoms with Crippen molar-refractivity contribution in [2.45, 2.75) is 89.9 Å². The van der Waals surface area contributed by atoms with Crippen LogP contribution in [0, 0.1) is 0 Å². The fourth-order valence-corrected chi connectivity index (χ4v) is 3.32. The van der Waals surface area contributed by atoms with Crippen molar-refractivity contribution in [3.05, 3.63) is 29.8 Å². The summed E-state index contributed by atoms with van der Waals surface area (Å²) in [4.78, 5) is 33.5. The second-order valence-corrected chi connectivity index (χ2v) is 7.69. The topological polar surface area (TPSA) is 101 Å². The number of unbranched alkanes of at least 4 members (excludes halogenated alkanes) is 9. The first-order valence-electron chi connectivity index (χ1n) is 11.2. The molecule has 6 nitrogen and oxygen atoms in total. The summed E-state index contributed by atoms with van der Waals surface area (Å²) in [5.41, 5.74) is 0.639. The number of carbonyl (C=O) groups excluding carboxylic acids is 1. The van der Waals surface area contributed by atoms with Crippen LogP contribution in [0.5, 0.6) is 5.75 Å². The highest BCUT2D eigenvalue weighted by atomic mass is 16.5. The molecule has 1 aromatic rings. The van der Waals surface area contributed by atoms with E-state index in [2.05, 4.69) is 0 Å². The summed E-state index contributed by atoms with van der Waals surface area (Å²) in [7, 11) is 0. The van der Waals surface area contributed by atoms with Gasteiger partial charge in [0.05, 0.1) is 12.2 Å². The molecular formula is C24H36O6. The van der Waals surface area contributed by atoms with Crippen LogP contribution in [0.4, 0.5) is 0 Å². The summed E-state index contributed by atoms with van der Waals surface area (Å²) in [5, 5.41) is 17.2. The molecular weight excluding hydrogens is 384 g/mol. The number of aliphatic carboxylic acids is 2. The predicted octanol–water partition coefficient (Wildman–Crippen LogP) is 5.88. The van der Waals surface area contributed by atoms with Gasteiger partial charge in [-0.05, 0) is 37.8 Å². The van der Waals surface area contributed by atoms with Crippen LogP contribution in [0.15, 0.2) is 24.3 Å². The first kappa shape index (κ1) is 25.7. The summed E-state index contributed by atoms with van der Waals surface area (Å²) < 4.78 is 5.83. The molecule has 0 saturated carbocycles. The van der Waals surface area contributed by atoms with Crippen LogP contribution in [0.2, 0.25) is 0 Å². The average molecular weight is 421 g/mol. The molecule has 2 N–H and O–H groups in total. The molecule has 0 aliphatic heterocycles. The van der Waals surface area contributed by atoms with Gasteiger partial charge in [-0.15, -0.1) is 0 Å². The molecule has 30 heavy (non-hydrogen) atoms. The highest BCUT2D eigenvalue weighted by Crippen LogP contribution is 2.21. The van der Waals surface area contributed by atoms with E-state index in [9.17, 15) is 14.4 Å². The Morgan fingerprint density at radius 3 is 1.67 bits per heavy atom. The minimum absolute atomic E-state index is 0.102. The number of Topliss-reactive ketones (excluding diaryl/α,β-unsaturated/α-hetero) is 1. The standard InChI is InChI=1S/C24H36O6/c25-21(15-8-4-1-2-5-9-17-23(26)27)20-14-11-12-16-22(20)30-19-13-7-3-6-10-18-24(28)29/h11-12,14,16H,1-10,13,15,17-19H2,(H,26,27)(H,28,29). The van der Waals surface area contributed by atoms with E-state index in [0.717, 1.165) is 70.6 Å². The minimum Gasteiger partial charge on any atom is -0.493 e. The van der Waals surface area contributed by atoms with E-state index in [1.165, 1.54) is 0 Å². The molecule has 0 spiro atoms. The van der Waals surface area contributed by atoms with Crippen LogP contribution in [0.25, 0.3) is 0 Å². The Bertz CT molecular complexity index is 640. The highest BCUT2D eigenvalue weighted by molar-refractivity contribution is 5.98. The van der Waals surface area contributed by atoms with Gasteiger partial charge in [0.15, 0.2) is 5.78 Å². The van der Waals surface area contributed by atoms with Gasteiger partial charge in [-0.3, -0.25) is 14.4 Å². The minimum atomic E-state index is -0.740. The van der Waals surface area contributed by atoms with Crippen molar-refractivity contribution < 1.29 is 29.3 Å². The highest BCUT2D eigenvalue weighted by Gasteiger charge is 2.11. The second kappa shape index (κ2) is 16.4. The Hall–Kier alpha value is -2.37. The summed E-state index contributed by atoms with van der Waals surface area (Å²) >= 11 is 0. The van der Waals surface area contributed by atoms with Crippen molar-refractivity contribution in [2.24, 2.45) is 0 Å². The third-order valence-corrected chi connectivity index (χ3v) is 5.02. The smallest absolute Gasteiger partial charge is 0.303 e. The SMILES string of the molecule is O=C(O)CCCCCCCCC(=O)c1ccccc1OCCCCCCCC(=O)O. The predicted molar refractivity (Wildman–Crippen MR) is 116 cm³/mol. The van der Waals surface area contributed by atoms with Gasteiger partial charge < -0.3 is 14.9 Å². The van der Waals surface area contributed by atoms with Crippen LogP contribution in [0.1, 0.15) is 100 Å². The molecule has 0 aliphatic rings. The number of hydrogen-bond acceptors (Lipinski definition) is 4. The third-order valence-electron chi connectivity index (χ3n) is 5.02. The number of rotatable bonds is 19. The molecule has 0 fully saturated rings. The quantitative estimate of drug-likeness (QED) is 0.214. The Kier molecular flexibility index (Phi) is 14.1. The molecule has 0 aromatic heterocycles. The van der Waals surface area contributed by atoms with Crippen molar-refractivity contribution in [1.29, 1.82) is 0 Å². The van der Waals surface area contributed by atoms with Crippen LogP contribution in [-0.2, 0) is 9.59 Å². The van der Waals surface area contributed by atoms with E-state index >= 15 is 0 Å². The fourth-order valence-electron chi connectivity index (χ4n) is 3.32. The molecule has 0 unspecified atom stereocenters. The summed E-state index contributed by atoms with van der Waals surface area (Å²) in [6, 6.07) is 7.37. The number of ketones is 1. The molecule has 0 saturated heterocycles. The third kappa shape index (κ3) is 13.0. The zero-order valence-electron chi connectivity index (χ0n) is 17.9. The lowest BCUT2D eigenvalue weighted by Gasteiger charge is -2.11. The molecule has 0 heterocycles. The summed E-state index contributed by atoms with van der Waals surface area (Å²) in [6.07, 6.45) is 11.0. The molecule has 1 rings (SSSR count). The van der Waals surface area contributed by atoms with E-state index in [1.54, 1.807) is 0 Å². The van der Waals surface area contributed by atoms with Gasteiger partial charge in [-0.2, -0.15) is 0 Å². The zero-order valence-corrected chi connectivity index (χ0v) is 17.9. The molecule has 168 valence electrons. The van der Waals surface area contributed by atoms with Crippen LogP contribution < -0.4 is 4.74 Å². The van der Waals surface area contributed by atoms with Crippen molar-refractivity contribution in [1.82, 2.24) is 0 Å². The molecule has 1 aromatic carbocycles. The summed E-state index contributed by atoms with van der Waals surface area (Å²) in [5.74, 6) is -0.736. The van der Waals surface area contributed by atoms with E-state index in [0.29, 0.717) is 24.3 Å². The number of para-hydroxylation sites is 1. The Morgan fingerprint density at radius 1 is 0.633 bits per heavy atom. The normalized spacial score (nSPS) is 10.7. The molecule has 0 radical (unpaired) electrons. The van der Waals surface area contributed by atoms with E-state index in [-0.39, 0.29) is 18.6 Å². The van der Waals surface area contributed by atoms with Crippen LogP contribution in [0.3, 0.4) is 0 Å². The van der Waals surface area contributed by atoms with Crippen molar-refractivity contribution in [2.75, 3.05) is 6.61 Å². The van der Waals surface area contributed by atoms with E-state index in [1.807, 2.05) is 24.3 Å². The maximum atomic E-state index is 12.5. The van der Waals surface area contributed by atoms with Crippen LogP contribution in [-0.4, -0.2) is 34.5 Å². The lowest BCUT2D eigenvalue weighted by Crippen LogP contribution is -2.05. The zero-order chi connectivity index (χ0) is 22.0. The fraction of sp³-hybridized carbons (Fsp3) is 0.625. The number of carbonyl (C=O) groups is 3. The van der Waals surface area contributed by atoms with E-state index in [4.69, 9.17) is 14.9 Å². The van der Waals surface area contributed by atoms with Gasteiger partial charge in [-0.25, -0.2) is 0 Å². The Morgan fingerprint density at radius 2 is 1.10 bits per heavy atom. The Balaban J connectivity index is 2.19. The van der Waals surface area contributed by atoms with Crippen molar-refractivity contribution in [3.63, 3.8) is 0 Å². The molecule has 0 bridgehead atoms. The Labute approximate surface area is 179 Å². The lowest BCUT2D eigenvalue weighted by molar-refractivity contribution is -0.138. The maximum absolute atomic E-state index is 12.5. The first-order valence-corrected chi connectivity index (χ1v) is 11.2. The number of benzene rings is 1. The number of hydrogen-bond donors (Lipinski definition) is 2. The van der Waals surface area contributed by atoms with Crippen LogP contribution >= 0.6 is 0 Å². The van der Waals surface area contributed by atoms with E-state index < -0.39 is 11.9 Å². The number of carboxylic acids is 2. The van der Waals surface area contributed by atoms with Crippen molar-refractivity contribution >= 4 is 17.7 Å². The van der Waals surface area contributed by atoms with Gasteiger partial charge in [-0.1, -0.05) is 57.1 Å². The molecule has 0 atom stereocenters. The molecule has 0 amide bonds. The second-order valence-electron chi connectivity index (χ2n) is 7.69. The lowest BCUT2D eigenvalue weighted by atomic mass is 10.0. The average Bonchev–Trinajstić information content (AvgIpc) is 2.71. The van der Waals surface area contributed by atoms with Gasteiger partial charge in [0.1, 0.15) is 5.75 Å². The monoisotopic (exact) mass is 420 g/mol.